The van der Waals surface area contributed by atoms with E-state index >= 15 is 0 Å². The molecule has 1 aromatic rings. The van der Waals surface area contributed by atoms with E-state index < -0.39 is 28.5 Å². The van der Waals surface area contributed by atoms with E-state index in [1.165, 1.54) is 0 Å². The minimum atomic E-state index is -1.20. The summed E-state index contributed by atoms with van der Waals surface area (Å²) in [4.78, 5) is 25.1. The Labute approximate surface area is 189 Å². The summed E-state index contributed by atoms with van der Waals surface area (Å²) in [5.74, 6) is 0.183. The monoisotopic (exact) mass is 436 g/mol. The fraction of sp³-hybridized carbons (Fsp3) is 0.556. The van der Waals surface area contributed by atoms with Gasteiger partial charge in [-0.1, -0.05) is 52.3 Å². The van der Waals surface area contributed by atoms with Crippen LogP contribution in [0.3, 0.4) is 0 Å². The van der Waals surface area contributed by atoms with E-state index in [0.717, 1.165) is 24.8 Å². The summed E-state index contributed by atoms with van der Waals surface area (Å²) in [5, 5.41) is 12.5. The van der Waals surface area contributed by atoms with Crippen LogP contribution >= 0.6 is 0 Å². The third-order valence-electron chi connectivity index (χ3n) is 9.04. The number of esters is 2. The molecule has 1 heterocycles. The molecular weight excluding hydrogens is 404 g/mol. The minimum Gasteiger partial charge on any atom is -0.456 e. The van der Waals surface area contributed by atoms with Gasteiger partial charge in [0.15, 0.2) is 0 Å². The van der Waals surface area contributed by atoms with Gasteiger partial charge in [-0.15, -0.1) is 0 Å². The molecule has 6 unspecified atom stereocenters. The number of benzene rings is 1. The second kappa shape index (κ2) is 7.05. The Morgan fingerprint density at radius 1 is 1.16 bits per heavy atom. The lowest BCUT2D eigenvalue weighted by Gasteiger charge is -2.67. The van der Waals surface area contributed by atoms with Gasteiger partial charge in [0.1, 0.15) is 17.5 Å². The molecule has 1 aliphatic heterocycles. The number of aliphatic hydroxyl groups is 1. The van der Waals surface area contributed by atoms with E-state index in [4.69, 9.17) is 9.47 Å². The summed E-state index contributed by atoms with van der Waals surface area (Å²) in [6.45, 7) is 8.45. The number of hydrogen-bond acceptors (Lipinski definition) is 5. The molecule has 0 bridgehead atoms. The summed E-state index contributed by atoms with van der Waals surface area (Å²) in [6.07, 6.45) is 6.27. The van der Waals surface area contributed by atoms with Crippen LogP contribution in [0, 0.1) is 28.6 Å². The highest BCUT2D eigenvalue weighted by Gasteiger charge is 2.70. The molecule has 0 aromatic heterocycles. The Kier molecular flexibility index (Phi) is 4.72. The van der Waals surface area contributed by atoms with E-state index in [-0.39, 0.29) is 23.7 Å². The van der Waals surface area contributed by atoms with Crippen LogP contribution in [-0.2, 0) is 14.3 Å². The Balaban J connectivity index is 1.60. The zero-order valence-corrected chi connectivity index (χ0v) is 19.3. The largest absolute Gasteiger partial charge is 0.456 e. The highest BCUT2D eigenvalue weighted by Crippen LogP contribution is 2.67. The second-order valence-corrected chi connectivity index (χ2v) is 10.9. The van der Waals surface area contributed by atoms with Gasteiger partial charge in [0.05, 0.1) is 5.56 Å². The van der Waals surface area contributed by atoms with Crippen molar-refractivity contribution in [3.05, 3.63) is 59.4 Å². The van der Waals surface area contributed by atoms with Crippen molar-refractivity contribution >= 4 is 11.9 Å². The fourth-order valence-corrected chi connectivity index (χ4v) is 7.32. The summed E-state index contributed by atoms with van der Waals surface area (Å²) < 4.78 is 11.7. The van der Waals surface area contributed by atoms with Gasteiger partial charge in [-0.2, -0.15) is 0 Å². The molecule has 0 radical (unpaired) electrons. The van der Waals surface area contributed by atoms with Crippen LogP contribution in [0.1, 0.15) is 63.7 Å². The first-order valence-electron chi connectivity index (χ1n) is 11.7. The molecule has 32 heavy (non-hydrogen) atoms. The summed E-state index contributed by atoms with van der Waals surface area (Å²) in [5.41, 5.74) is -0.735. The zero-order valence-electron chi connectivity index (χ0n) is 19.3. The Morgan fingerprint density at radius 3 is 2.59 bits per heavy atom. The number of ether oxygens (including phenoxy) is 2. The molecule has 2 fully saturated rings. The summed E-state index contributed by atoms with van der Waals surface area (Å²) in [7, 11) is 0. The van der Waals surface area contributed by atoms with Gasteiger partial charge >= 0.3 is 11.9 Å². The Morgan fingerprint density at radius 2 is 1.88 bits per heavy atom. The Bertz CT molecular complexity index is 1020. The van der Waals surface area contributed by atoms with Crippen LogP contribution in [0.2, 0.25) is 0 Å². The standard InChI is InChI=1S/C27H32O5/c1-16-18-13-22(32-24(29)17-9-6-5-7-10-17)27(30)25(2,3)11-8-12-26(27,4)20(18)15-21-19(16)14-23(28)31-21/h5-7,9-10,14-16,18,20,22,30H,8,11-13H2,1-4H3. The molecule has 0 spiro atoms. The van der Waals surface area contributed by atoms with E-state index in [1.807, 2.05) is 18.2 Å². The second-order valence-electron chi connectivity index (χ2n) is 10.9. The highest BCUT2D eigenvalue weighted by molar-refractivity contribution is 5.89. The van der Waals surface area contributed by atoms with Crippen molar-refractivity contribution in [1.82, 2.24) is 0 Å². The number of fused-ring (bicyclic) bond motifs is 4. The predicted molar refractivity (Wildman–Crippen MR) is 119 cm³/mol. The SMILES string of the molecule is CC1C2=CC(=O)OC2=CC2C1CC(OC(=O)c1ccccc1)C1(O)C(C)(C)CCCC21C. The van der Waals surface area contributed by atoms with E-state index in [2.05, 4.69) is 33.8 Å². The van der Waals surface area contributed by atoms with Crippen molar-refractivity contribution in [3.63, 3.8) is 0 Å². The zero-order chi connectivity index (χ0) is 22.9. The van der Waals surface area contributed by atoms with Crippen molar-refractivity contribution in [2.75, 3.05) is 0 Å². The average Bonchev–Trinajstić information content (AvgIpc) is 3.13. The molecule has 170 valence electrons. The lowest BCUT2D eigenvalue weighted by Crippen LogP contribution is -2.72. The number of allylic oxidation sites excluding steroid dienone is 2. The van der Waals surface area contributed by atoms with Gasteiger partial charge in [0, 0.05) is 17.1 Å². The molecule has 6 atom stereocenters. The molecule has 0 amide bonds. The third-order valence-corrected chi connectivity index (χ3v) is 9.04. The van der Waals surface area contributed by atoms with Crippen molar-refractivity contribution in [2.45, 2.75) is 65.1 Å². The quantitative estimate of drug-likeness (QED) is 0.674. The van der Waals surface area contributed by atoms with Crippen LogP contribution in [0.15, 0.2) is 53.8 Å². The van der Waals surface area contributed by atoms with Gasteiger partial charge in [-0.3, -0.25) is 0 Å². The summed E-state index contributed by atoms with van der Waals surface area (Å²) >= 11 is 0. The molecule has 0 saturated heterocycles. The van der Waals surface area contributed by atoms with Gasteiger partial charge < -0.3 is 14.6 Å². The normalized spacial score (nSPS) is 39.6. The van der Waals surface area contributed by atoms with Crippen molar-refractivity contribution in [3.8, 4) is 0 Å². The smallest absolute Gasteiger partial charge is 0.338 e. The number of carbonyl (C=O) groups is 2. The number of carbonyl (C=O) groups excluding carboxylic acids is 2. The van der Waals surface area contributed by atoms with Crippen molar-refractivity contribution < 1.29 is 24.2 Å². The molecule has 4 aliphatic rings. The maximum atomic E-state index is 13.1. The van der Waals surface area contributed by atoms with Crippen molar-refractivity contribution in [1.29, 1.82) is 0 Å². The van der Waals surface area contributed by atoms with Gasteiger partial charge in [-0.05, 0) is 60.6 Å². The molecule has 2 saturated carbocycles. The molecule has 3 aliphatic carbocycles. The highest BCUT2D eigenvalue weighted by atomic mass is 16.6. The first kappa shape index (κ1) is 21.4. The lowest BCUT2D eigenvalue weighted by atomic mass is 9.41. The Hall–Kier alpha value is -2.40. The van der Waals surface area contributed by atoms with Crippen molar-refractivity contribution in [2.24, 2.45) is 28.6 Å². The predicted octanol–water partition coefficient (Wildman–Crippen LogP) is 4.81. The number of rotatable bonds is 2. The minimum absolute atomic E-state index is 0.0341. The topological polar surface area (TPSA) is 72.8 Å². The molecule has 1 aromatic carbocycles. The molecule has 5 rings (SSSR count). The fourth-order valence-electron chi connectivity index (χ4n) is 7.32. The number of hydrogen-bond donors (Lipinski definition) is 1. The first-order valence-corrected chi connectivity index (χ1v) is 11.7. The van der Waals surface area contributed by atoms with E-state index in [0.29, 0.717) is 17.7 Å². The molecule has 5 nitrogen and oxygen atoms in total. The van der Waals surface area contributed by atoms with Gasteiger partial charge in [0.25, 0.3) is 0 Å². The first-order chi connectivity index (χ1) is 15.1. The van der Waals surface area contributed by atoms with Crippen LogP contribution < -0.4 is 0 Å². The maximum absolute atomic E-state index is 13.1. The summed E-state index contributed by atoms with van der Waals surface area (Å²) in [6, 6.07) is 8.98. The van der Waals surface area contributed by atoms with Crippen LogP contribution in [0.5, 0.6) is 0 Å². The molecule has 5 heteroatoms. The van der Waals surface area contributed by atoms with Crippen LogP contribution in [0.25, 0.3) is 0 Å². The van der Waals surface area contributed by atoms with E-state index in [9.17, 15) is 14.7 Å². The van der Waals surface area contributed by atoms with Gasteiger partial charge in [0.2, 0.25) is 0 Å². The van der Waals surface area contributed by atoms with Gasteiger partial charge in [-0.25, -0.2) is 9.59 Å². The third kappa shape index (κ3) is 2.79. The lowest BCUT2D eigenvalue weighted by molar-refractivity contribution is -0.279. The maximum Gasteiger partial charge on any atom is 0.338 e. The molecule has 1 N–H and O–H groups in total. The molecular formula is C27H32O5. The average molecular weight is 437 g/mol. The van der Waals surface area contributed by atoms with Crippen LogP contribution in [-0.4, -0.2) is 28.8 Å². The van der Waals surface area contributed by atoms with E-state index in [1.54, 1.807) is 18.2 Å². The van der Waals surface area contributed by atoms with Crippen LogP contribution in [0.4, 0.5) is 0 Å².